The lowest BCUT2D eigenvalue weighted by Gasteiger charge is -2.34. The Morgan fingerprint density at radius 3 is 2.46 bits per heavy atom. The van der Waals surface area contributed by atoms with Crippen LogP contribution in [-0.2, 0) is 4.79 Å². The smallest absolute Gasteiger partial charge is 0.144 e. The lowest BCUT2D eigenvalue weighted by atomic mass is 9.72. The second kappa shape index (κ2) is 9.95. The fourth-order valence-corrected chi connectivity index (χ4v) is 5.49. The van der Waals surface area contributed by atoms with Gasteiger partial charge in [0, 0.05) is 30.9 Å². The van der Waals surface area contributed by atoms with Crippen LogP contribution in [0.15, 0.2) is 77.8 Å². The number of Topliss-reactive ketones (excluding diaryl/α,β-unsaturated/α-hetero) is 1. The number of ketones is 1. The number of anilines is 2. The Morgan fingerprint density at radius 1 is 0.943 bits per heavy atom. The van der Waals surface area contributed by atoms with Gasteiger partial charge in [0.15, 0.2) is 0 Å². The summed E-state index contributed by atoms with van der Waals surface area (Å²) in [5, 5.41) is 3.69. The van der Waals surface area contributed by atoms with E-state index in [4.69, 9.17) is 9.73 Å². The van der Waals surface area contributed by atoms with Gasteiger partial charge in [0.1, 0.15) is 11.5 Å². The zero-order valence-corrected chi connectivity index (χ0v) is 20.7. The normalized spacial score (nSPS) is 21.2. The van der Waals surface area contributed by atoms with Crippen molar-refractivity contribution in [1.29, 1.82) is 0 Å². The van der Waals surface area contributed by atoms with Crippen molar-refractivity contribution in [2.45, 2.75) is 38.6 Å². The molecule has 1 saturated carbocycles. The van der Waals surface area contributed by atoms with Crippen LogP contribution >= 0.6 is 0 Å². The summed E-state index contributed by atoms with van der Waals surface area (Å²) in [6.45, 7) is 6.27. The molecule has 1 aliphatic carbocycles. The van der Waals surface area contributed by atoms with Crippen LogP contribution in [0, 0.1) is 5.92 Å². The van der Waals surface area contributed by atoms with Crippen LogP contribution in [0.4, 0.5) is 17.1 Å². The molecule has 35 heavy (non-hydrogen) atoms. The third kappa shape index (κ3) is 4.55. The first-order valence-electron chi connectivity index (χ1n) is 12.6. The number of methoxy groups -OCH3 is 1. The first-order valence-corrected chi connectivity index (χ1v) is 12.6. The SMILES string of the molecule is CCN(CC)c1ccc(C2Nc3ccccc3N=C3CC(c4cccc(OC)c4)CC(=O)C32)cc1. The first kappa shape index (κ1) is 23.2. The second-order valence-electron chi connectivity index (χ2n) is 9.33. The van der Waals surface area contributed by atoms with Crippen LogP contribution < -0.4 is 15.0 Å². The van der Waals surface area contributed by atoms with Gasteiger partial charge in [0.2, 0.25) is 0 Å². The minimum absolute atomic E-state index is 0.101. The van der Waals surface area contributed by atoms with Crippen molar-refractivity contribution < 1.29 is 9.53 Å². The number of nitrogens with one attached hydrogen (secondary N) is 1. The lowest BCUT2D eigenvalue weighted by Crippen LogP contribution is -2.38. The van der Waals surface area contributed by atoms with Crippen LogP contribution in [0.1, 0.15) is 49.8 Å². The molecule has 3 atom stereocenters. The summed E-state index contributed by atoms with van der Waals surface area (Å²) in [5.74, 6) is 0.867. The number of hydrogen-bond donors (Lipinski definition) is 1. The molecule has 1 N–H and O–H groups in total. The van der Waals surface area contributed by atoms with Crippen molar-refractivity contribution in [3.8, 4) is 5.75 Å². The van der Waals surface area contributed by atoms with E-state index >= 15 is 0 Å². The molecule has 0 bridgehead atoms. The van der Waals surface area contributed by atoms with Crippen molar-refractivity contribution in [3.05, 3.63) is 83.9 Å². The number of aliphatic imine (C=N–C) groups is 1. The monoisotopic (exact) mass is 467 g/mol. The average molecular weight is 468 g/mol. The maximum atomic E-state index is 13.8. The number of para-hydroxylation sites is 2. The number of ether oxygens (including phenoxy) is 1. The summed E-state index contributed by atoms with van der Waals surface area (Å²) in [7, 11) is 1.68. The topological polar surface area (TPSA) is 53.9 Å². The summed E-state index contributed by atoms with van der Waals surface area (Å²) in [6, 6.07) is 24.7. The fourth-order valence-electron chi connectivity index (χ4n) is 5.49. The Morgan fingerprint density at radius 2 is 1.71 bits per heavy atom. The molecule has 180 valence electrons. The molecule has 1 fully saturated rings. The van der Waals surface area contributed by atoms with Gasteiger partial charge in [-0.2, -0.15) is 0 Å². The highest BCUT2D eigenvalue weighted by Gasteiger charge is 2.41. The number of nitrogens with zero attached hydrogens (tertiary/aromatic N) is 2. The van der Waals surface area contributed by atoms with Gasteiger partial charge in [-0.05, 0) is 73.7 Å². The van der Waals surface area contributed by atoms with Gasteiger partial charge in [-0.25, -0.2) is 0 Å². The van der Waals surface area contributed by atoms with Crippen molar-refractivity contribution in [2.75, 3.05) is 30.4 Å². The van der Waals surface area contributed by atoms with Crippen LogP contribution in [0.3, 0.4) is 0 Å². The number of benzene rings is 3. The molecule has 0 saturated heterocycles. The van der Waals surface area contributed by atoms with E-state index in [0.717, 1.165) is 53.5 Å². The van der Waals surface area contributed by atoms with E-state index in [1.165, 1.54) is 5.69 Å². The van der Waals surface area contributed by atoms with E-state index < -0.39 is 0 Å². The van der Waals surface area contributed by atoms with E-state index in [1.807, 2.05) is 36.4 Å². The van der Waals surface area contributed by atoms with E-state index in [1.54, 1.807) is 7.11 Å². The van der Waals surface area contributed by atoms with Crippen molar-refractivity contribution >= 4 is 28.6 Å². The summed E-state index contributed by atoms with van der Waals surface area (Å²) in [5.41, 5.74) is 6.28. The molecule has 5 rings (SSSR count). The highest BCUT2D eigenvalue weighted by atomic mass is 16.5. The van der Waals surface area contributed by atoms with E-state index in [0.29, 0.717) is 6.42 Å². The highest BCUT2D eigenvalue weighted by molar-refractivity contribution is 6.10. The van der Waals surface area contributed by atoms with E-state index in [-0.39, 0.29) is 23.7 Å². The molecule has 2 aliphatic rings. The maximum Gasteiger partial charge on any atom is 0.144 e. The fraction of sp³-hybridized carbons (Fsp3) is 0.333. The summed E-state index contributed by atoms with van der Waals surface area (Å²) >= 11 is 0. The standard InChI is InChI=1S/C30H33N3O2/c1-4-33(5-2)23-15-13-20(14-16-23)30-29-27(31-25-11-6-7-12-26(25)32-30)18-22(19-28(29)34)21-9-8-10-24(17-21)35-3/h6-17,22,29-30,32H,4-5,18-19H2,1-3H3. The third-order valence-corrected chi connectivity index (χ3v) is 7.37. The summed E-state index contributed by atoms with van der Waals surface area (Å²) in [6.07, 6.45) is 1.26. The molecular formula is C30H33N3O2. The Kier molecular flexibility index (Phi) is 6.58. The Bertz CT molecular complexity index is 1230. The van der Waals surface area contributed by atoms with Crippen LogP contribution in [0.2, 0.25) is 0 Å². The number of carbonyl (C=O) groups is 1. The zero-order valence-electron chi connectivity index (χ0n) is 20.7. The van der Waals surface area contributed by atoms with Gasteiger partial charge in [-0.15, -0.1) is 0 Å². The molecule has 3 aromatic rings. The minimum atomic E-state index is -0.288. The van der Waals surface area contributed by atoms with Crippen molar-refractivity contribution in [3.63, 3.8) is 0 Å². The van der Waals surface area contributed by atoms with E-state index in [2.05, 4.69) is 60.5 Å². The largest absolute Gasteiger partial charge is 0.497 e. The molecule has 0 radical (unpaired) electrons. The third-order valence-electron chi connectivity index (χ3n) is 7.37. The van der Waals surface area contributed by atoms with Gasteiger partial charge in [0.05, 0.1) is 30.4 Å². The zero-order chi connectivity index (χ0) is 24.4. The van der Waals surface area contributed by atoms with Crippen LogP contribution in [0.5, 0.6) is 5.75 Å². The highest BCUT2D eigenvalue weighted by Crippen LogP contribution is 2.44. The molecule has 1 aliphatic heterocycles. The molecule has 0 amide bonds. The molecule has 0 spiro atoms. The van der Waals surface area contributed by atoms with Gasteiger partial charge in [0.25, 0.3) is 0 Å². The number of fused-ring (bicyclic) bond motifs is 2. The minimum Gasteiger partial charge on any atom is -0.497 e. The van der Waals surface area contributed by atoms with Gasteiger partial charge in [-0.3, -0.25) is 9.79 Å². The van der Waals surface area contributed by atoms with E-state index in [9.17, 15) is 4.79 Å². The number of hydrogen-bond acceptors (Lipinski definition) is 5. The quantitative estimate of drug-likeness (QED) is 0.447. The molecule has 5 nitrogen and oxygen atoms in total. The molecule has 5 heteroatoms. The van der Waals surface area contributed by atoms with Crippen molar-refractivity contribution in [1.82, 2.24) is 0 Å². The predicted molar refractivity (Wildman–Crippen MR) is 143 cm³/mol. The summed E-state index contributed by atoms with van der Waals surface area (Å²) < 4.78 is 5.43. The van der Waals surface area contributed by atoms with Gasteiger partial charge < -0.3 is 15.0 Å². The lowest BCUT2D eigenvalue weighted by molar-refractivity contribution is -0.122. The van der Waals surface area contributed by atoms with Gasteiger partial charge >= 0.3 is 0 Å². The predicted octanol–water partition coefficient (Wildman–Crippen LogP) is 6.54. The molecular weight excluding hydrogens is 434 g/mol. The Balaban J connectivity index is 1.53. The number of rotatable bonds is 6. The van der Waals surface area contributed by atoms with Crippen LogP contribution in [-0.4, -0.2) is 31.7 Å². The summed E-state index contributed by atoms with van der Waals surface area (Å²) in [4.78, 5) is 21.2. The molecule has 1 heterocycles. The Labute approximate surface area is 207 Å². The Hall–Kier alpha value is -3.60. The molecule has 3 unspecified atom stereocenters. The first-order chi connectivity index (χ1) is 17.1. The molecule has 0 aromatic heterocycles. The van der Waals surface area contributed by atoms with Crippen LogP contribution in [0.25, 0.3) is 0 Å². The average Bonchev–Trinajstić information content (AvgIpc) is 3.07. The van der Waals surface area contributed by atoms with Gasteiger partial charge in [-0.1, -0.05) is 36.4 Å². The molecule has 3 aromatic carbocycles. The number of carbonyl (C=O) groups excluding carboxylic acids is 1. The maximum absolute atomic E-state index is 13.8. The second-order valence-corrected chi connectivity index (χ2v) is 9.33. The van der Waals surface area contributed by atoms with Crippen molar-refractivity contribution in [2.24, 2.45) is 10.9 Å².